The van der Waals surface area contributed by atoms with Crippen molar-refractivity contribution in [1.29, 1.82) is 0 Å². The van der Waals surface area contributed by atoms with Crippen LogP contribution in [0.3, 0.4) is 0 Å². The van der Waals surface area contributed by atoms with Gasteiger partial charge in [0.25, 0.3) is 0 Å². The molecule has 0 radical (unpaired) electrons. The molecule has 3 heterocycles. The molecule has 2 aromatic rings. The Bertz CT molecular complexity index is 724. The van der Waals surface area contributed by atoms with E-state index in [2.05, 4.69) is 24.8 Å². The third-order valence-electron chi connectivity index (χ3n) is 3.44. The van der Waals surface area contributed by atoms with Crippen LogP contribution in [0.5, 0.6) is 0 Å². The molecule has 0 saturated carbocycles. The molecule has 1 fully saturated rings. The first-order chi connectivity index (χ1) is 10.5. The van der Waals surface area contributed by atoms with Crippen molar-refractivity contribution in [3.05, 3.63) is 24.4 Å². The summed E-state index contributed by atoms with van der Waals surface area (Å²) in [6.45, 7) is 1.54. The Balaban J connectivity index is 1.64. The summed E-state index contributed by atoms with van der Waals surface area (Å²) < 4.78 is 25.2. The molecule has 2 aromatic heterocycles. The molecule has 0 aliphatic carbocycles. The molecule has 22 heavy (non-hydrogen) atoms. The summed E-state index contributed by atoms with van der Waals surface area (Å²) in [4.78, 5) is 6.42. The summed E-state index contributed by atoms with van der Waals surface area (Å²) >= 11 is 1.51. The number of aromatic nitrogens is 3. The lowest BCUT2D eigenvalue weighted by Crippen LogP contribution is -2.44. The maximum absolute atomic E-state index is 11.3. The zero-order chi connectivity index (χ0) is 15.6. The Kier molecular flexibility index (Phi) is 4.37. The first-order valence-electron chi connectivity index (χ1n) is 6.98. The van der Waals surface area contributed by atoms with Crippen LogP contribution in [0, 0.1) is 0 Å². The van der Waals surface area contributed by atoms with E-state index in [1.165, 1.54) is 17.6 Å². The highest BCUT2D eigenvalue weighted by Crippen LogP contribution is 2.29. The van der Waals surface area contributed by atoms with Crippen LogP contribution in [0.25, 0.3) is 10.7 Å². The first kappa shape index (κ1) is 15.3. The van der Waals surface area contributed by atoms with Crippen LogP contribution in [-0.4, -0.2) is 49.0 Å². The summed E-state index contributed by atoms with van der Waals surface area (Å²) in [5.74, 6) is 0. The largest absolute Gasteiger partial charge is 0.347 e. The summed E-state index contributed by atoms with van der Waals surface area (Å²) in [5.41, 5.74) is 0.819. The van der Waals surface area contributed by atoms with Crippen LogP contribution >= 0.6 is 11.3 Å². The van der Waals surface area contributed by atoms with E-state index >= 15 is 0 Å². The van der Waals surface area contributed by atoms with E-state index < -0.39 is 10.0 Å². The van der Waals surface area contributed by atoms with Gasteiger partial charge in [0.15, 0.2) is 5.01 Å². The normalized spacial score (nSPS) is 16.9. The molecule has 0 bridgehead atoms. The van der Waals surface area contributed by atoms with Gasteiger partial charge in [0.2, 0.25) is 15.2 Å². The lowest BCUT2D eigenvalue weighted by atomic mass is 10.1. The van der Waals surface area contributed by atoms with E-state index in [0.29, 0.717) is 0 Å². The number of hydrogen-bond acceptors (Lipinski definition) is 7. The second-order valence-corrected chi connectivity index (χ2v) is 7.99. The molecule has 1 saturated heterocycles. The number of nitrogens with zero attached hydrogens (tertiary/aromatic N) is 4. The molecule has 1 aliphatic heterocycles. The van der Waals surface area contributed by atoms with E-state index in [-0.39, 0.29) is 6.04 Å². The van der Waals surface area contributed by atoms with Gasteiger partial charge in [-0.25, -0.2) is 13.1 Å². The molecule has 9 heteroatoms. The number of sulfonamides is 1. The molecule has 118 valence electrons. The van der Waals surface area contributed by atoms with Crippen LogP contribution in [0.2, 0.25) is 0 Å². The van der Waals surface area contributed by atoms with E-state index in [9.17, 15) is 8.42 Å². The zero-order valence-electron chi connectivity index (χ0n) is 12.1. The lowest BCUT2D eigenvalue weighted by molar-refractivity contribution is 0.461. The standard InChI is InChI=1S/C13H17N5O2S2/c1-22(19,20)17-10-5-8-18(9-6-10)13-16-15-12(21-13)11-4-2-3-7-14-11/h2-4,7,10,17H,5-6,8-9H2,1H3. The van der Waals surface area contributed by atoms with Crippen LogP contribution in [0.1, 0.15) is 12.8 Å². The van der Waals surface area contributed by atoms with Gasteiger partial charge in [0.1, 0.15) is 5.69 Å². The fourth-order valence-electron chi connectivity index (χ4n) is 2.43. The van der Waals surface area contributed by atoms with Crippen LogP contribution in [-0.2, 0) is 10.0 Å². The minimum absolute atomic E-state index is 0.00873. The van der Waals surface area contributed by atoms with Crippen molar-refractivity contribution >= 4 is 26.5 Å². The van der Waals surface area contributed by atoms with Crippen molar-refractivity contribution in [2.75, 3.05) is 24.2 Å². The van der Waals surface area contributed by atoms with E-state index in [1.54, 1.807) is 6.20 Å². The monoisotopic (exact) mass is 339 g/mol. The number of rotatable bonds is 4. The van der Waals surface area contributed by atoms with Gasteiger partial charge in [-0.1, -0.05) is 17.4 Å². The predicted octanol–water partition coefficient (Wildman–Crippen LogP) is 1.12. The minimum Gasteiger partial charge on any atom is -0.347 e. The zero-order valence-corrected chi connectivity index (χ0v) is 13.8. The summed E-state index contributed by atoms with van der Waals surface area (Å²) in [5, 5.41) is 10.1. The molecule has 0 unspecified atom stereocenters. The number of anilines is 1. The fourth-order valence-corrected chi connectivity index (χ4v) is 4.14. The SMILES string of the molecule is CS(=O)(=O)NC1CCN(c2nnc(-c3ccccn3)s2)CC1. The molecule has 0 spiro atoms. The molecule has 0 amide bonds. The highest BCUT2D eigenvalue weighted by molar-refractivity contribution is 7.88. The van der Waals surface area contributed by atoms with Crippen LogP contribution in [0.15, 0.2) is 24.4 Å². The predicted molar refractivity (Wildman–Crippen MR) is 86.4 cm³/mol. The van der Waals surface area contributed by atoms with Gasteiger partial charge in [-0.05, 0) is 25.0 Å². The molecular weight excluding hydrogens is 322 g/mol. The van der Waals surface area contributed by atoms with E-state index in [4.69, 9.17) is 0 Å². The number of piperidine rings is 1. The Labute approximate surface area is 133 Å². The van der Waals surface area contributed by atoms with E-state index in [1.807, 2.05) is 18.2 Å². The summed E-state index contributed by atoms with van der Waals surface area (Å²) in [6.07, 6.45) is 4.47. The highest BCUT2D eigenvalue weighted by Gasteiger charge is 2.24. The second kappa shape index (κ2) is 6.27. The summed E-state index contributed by atoms with van der Waals surface area (Å²) in [7, 11) is -3.14. The topological polar surface area (TPSA) is 88.1 Å². The highest BCUT2D eigenvalue weighted by atomic mass is 32.2. The second-order valence-electron chi connectivity index (χ2n) is 5.26. The van der Waals surface area contributed by atoms with Crippen molar-refractivity contribution in [3.8, 4) is 10.7 Å². The van der Waals surface area contributed by atoms with Crippen molar-refractivity contribution in [2.45, 2.75) is 18.9 Å². The smallest absolute Gasteiger partial charge is 0.208 e. The Hall–Kier alpha value is -1.58. The van der Waals surface area contributed by atoms with Gasteiger partial charge in [0, 0.05) is 25.3 Å². The number of nitrogens with one attached hydrogen (secondary N) is 1. The lowest BCUT2D eigenvalue weighted by Gasteiger charge is -2.31. The molecule has 0 atom stereocenters. The minimum atomic E-state index is -3.14. The first-order valence-corrected chi connectivity index (χ1v) is 9.69. The molecule has 1 N–H and O–H groups in total. The van der Waals surface area contributed by atoms with Crippen molar-refractivity contribution in [2.24, 2.45) is 0 Å². The van der Waals surface area contributed by atoms with Crippen molar-refractivity contribution < 1.29 is 8.42 Å². The van der Waals surface area contributed by atoms with Gasteiger partial charge in [-0.15, -0.1) is 10.2 Å². The molecule has 7 nitrogen and oxygen atoms in total. The van der Waals surface area contributed by atoms with E-state index in [0.717, 1.165) is 41.8 Å². The maximum Gasteiger partial charge on any atom is 0.208 e. The van der Waals surface area contributed by atoms with Gasteiger partial charge in [-0.3, -0.25) is 4.98 Å². The van der Waals surface area contributed by atoms with Crippen LogP contribution in [0.4, 0.5) is 5.13 Å². The molecule has 0 aromatic carbocycles. The Morgan fingerprint density at radius 2 is 2.05 bits per heavy atom. The molecule has 3 rings (SSSR count). The fraction of sp³-hybridized carbons (Fsp3) is 0.462. The molecule has 1 aliphatic rings. The van der Waals surface area contributed by atoms with Crippen molar-refractivity contribution in [3.63, 3.8) is 0 Å². The number of pyridine rings is 1. The van der Waals surface area contributed by atoms with Gasteiger partial charge < -0.3 is 4.90 Å². The Morgan fingerprint density at radius 3 is 2.68 bits per heavy atom. The van der Waals surface area contributed by atoms with Gasteiger partial charge >= 0.3 is 0 Å². The summed E-state index contributed by atoms with van der Waals surface area (Å²) in [6, 6.07) is 5.71. The maximum atomic E-state index is 11.3. The average Bonchev–Trinajstić information content (AvgIpc) is 2.97. The quantitative estimate of drug-likeness (QED) is 0.898. The third-order valence-corrected chi connectivity index (χ3v) is 5.21. The van der Waals surface area contributed by atoms with Gasteiger partial charge in [0.05, 0.1) is 6.26 Å². The third kappa shape index (κ3) is 3.79. The average molecular weight is 339 g/mol. The Morgan fingerprint density at radius 1 is 1.27 bits per heavy atom. The van der Waals surface area contributed by atoms with Crippen LogP contribution < -0.4 is 9.62 Å². The van der Waals surface area contributed by atoms with Crippen molar-refractivity contribution in [1.82, 2.24) is 19.9 Å². The number of hydrogen-bond donors (Lipinski definition) is 1. The van der Waals surface area contributed by atoms with Gasteiger partial charge in [-0.2, -0.15) is 0 Å². The molecular formula is C13H17N5O2S2.